The summed E-state index contributed by atoms with van der Waals surface area (Å²) in [4.78, 5) is 50.1. The van der Waals surface area contributed by atoms with Crippen molar-refractivity contribution in [3.8, 4) is 0 Å². The van der Waals surface area contributed by atoms with E-state index in [0.717, 1.165) is 64.0 Å². The van der Waals surface area contributed by atoms with Crippen LogP contribution in [-0.2, 0) is 39.4 Å². The van der Waals surface area contributed by atoms with Gasteiger partial charge in [-0.15, -0.1) is 0 Å². The molecule has 0 amide bonds. The van der Waals surface area contributed by atoms with Gasteiger partial charge in [0.1, 0.15) is 5.82 Å². The van der Waals surface area contributed by atoms with E-state index in [9.17, 15) is 39.5 Å². The number of hydrogen-bond acceptors (Lipinski definition) is 9. The van der Waals surface area contributed by atoms with Crippen LogP contribution in [0.15, 0.2) is 43.0 Å². The van der Waals surface area contributed by atoms with E-state index in [2.05, 4.69) is 48.4 Å². The third-order valence-electron chi connectivity index (χ3n) is 8.24. The third-order valence-corrected chi connectivity index (χ3v) is 8.24. The number of halogens is 9. The number of hydrogen-bond donors (Lipinski definition) is 3. The van der Waals surface area contributed by atoms with Crippen LogP contribution in [0.4, 0.5) is 45.5 Å². The molecule has 2 fully saturated rings. The maximum Gasteiger partial charge on any atom is 0.490 e. The molecule has 0 radical (unpaired) electrons. The molecular formula is C31H34F9N7O6. The second kappa shape index (κ2) is 17.2. The van der Waals surface area contributed by atoms with Crippen LogP contribution < -0.4 is 4.90 Å². The molecule has 292 valence electrons. The Kier molecular flexibility index (Phi) is 13.8. The normalized spacial score (nSPS) is 16.8. The zero-order valence-corrected chi connectivity index (χ0v) is 27.8. The van der Waals surface area contributed by atoms with Gasteiger partial charge in [0.2, 0.25) is 5.95 Å². The molecule has 1 saturated carbocycles. The van der Waals surface area contributed by atoms with Gasteiger partial charge >= 0.3 is 36.4 Å². The van der Waals surface area contributed by atoms with Crippen molar-refractivity contribution in [1.82, 2.24) is 29.4 Å². The van der Waals surface area contributed by atoms with E-state index in [1.807, 2.05) is 30.9 Å². The van der Waals surface area contributed by atoms with Crippen molar-refractivity contribution in [2.45, 2.75) is 76.2 Å². The van der Waals surface area contributed by atoms with Crippen molar-refractivity contribution in [2.75, 3.05) is 24.5 Å². The molecule has 6 rings (SSSR count). The molecule has 3 N–H and O–H groups in total. The summed E-state index contributed by atoms with van der Waals surface area (Å²) in [5.74, 6) is -5.38. The lowest BCUT2D eigenvalue weighted by atomic mass is 9.72. The van der Waals surface area contributed by atoms with Gasteiger partial charge in [0, 0.05) is 69.5 Å². The molecule has 22 heteroatoms. The molecule has 0 unspecified atom stereocenters. The van der Waals surface area contributed by atoms with E-state index in [1.54, 1.807) is 0 Å². The molecule has 0 bridgehead atoms. The van der Waals surface area contributed by atoms with Crippen molar-refractivity contribution in [1.29, 1.82) is 0 Å². The number of alkyl halides is 9. The molecular weight excluding hydrogens is 737 g/mol. The molecule has 13 nitrogen and oxygen atoms in total. The highest BCUT2D eigenvalue weighted by Crippen LogP contribution is 2.43. The summed E-state index contributed by atoms with van der Waals surface area (Å²) in [7, 11) is 0. The predicted octanol–water partition coefficient (Wildman–Crippen LogP) is 5.24. The SMILES string of the molecule is Cc1nc2c(n1CC1CC1)CN(Cc1ccncc1)CC21CCN(c2ncccn2)CC1.O=C(O)C(F)(F)F.O=C(O)C(F)(F)F.O=C(O)C(F)(F)F. The summed E-state index contributed by atoms with van der Waals surface area (Å²) < 4.78 is 97.8. The summed E-state index contributed by atoms with van der Waals surface area (Å²) in [5, 5.41) is 21.4. The van der Waals surface area contributed by atoms with Gasteiger partial charge in [0.05, 0.1) is 11.4 Å². The Hall–Kier alpha value is -5.02. The number of nitrogens with zero attached hydrogens (tertiary/aromatic N) is 7. The first-order chi connectivity index (χ1) is 24.5. The van der Waals surface area contributed by atoms with Crippen LogP contribution in [0.3, 0.4) is 0 Å². The van der Waals surface area contributed by atoms with Gasteiger partial charge in [-0.3, -0.25) is 9.88 Å². The van der Waals surface area contributed by atoms with Crippen molar-refractivity contribution in [3.63, 3.8) is 0 Å². The fourth-order valence-corrected chi connectivity index (χ4v) is 5.61. The number of aromatic nitrogens is 5. The average molecular weight is 772 g/mol. The van der Waals surface area contributed by atoms with Crippen LogP contribution in [0.5, 0.6) is 0 Å². The van der Waals surface area contributed by atoms with Crippen LogP contribution in [0.1, 0.15) is 48.5 Å². The number of carbonyl (C=O) groups is 3. The number of aliphatic carboxylic acids is 3. The highest BCUT2D eigenvalue weighted by atomic mass is 19.4. The van der Waals surface area contributed by atoms with Gasteiger partial charge in [-0.1, -0.05) is 0 Å². The number of rotatable bonds is 5. The standard InChI is InChI=1S/C25H31N7.3C2HF3O2/c1-19-29-23-22(32(19)16-20-3-4-20)17-30(15-21-5-11-26-12-6-21)18-25(23)7-13-31(14-8-25)24-27-9-2-10-28-24;3*3-2(4,5)1(6)7/h2,5-6,9-12,20H,3-4,7-8,13-18H2,1H3;3*(H,6,7). The lowest BCUT2D eigenvalue weighted by Crippen LogP contribution is -2.52. The van der Waals surface area contributed by atoms with Gasteiger partial charge in [-0.05, 0) is 62.3 Å². The van der Waals surface area contributed by atoms with Crippen LogP contribution in [-0.4, -0.2) is 101 Å². The molecule has 1 aliphatic carbocycles. The summed E-state index contributed by atoms with van der Waals surface area (Å²) >= 11 is 0. The average Bonchev–Trinajstić information content (AvgIpc) is 3.84. The predicted molar refractivity (Wildman–Crippen MR) is 164 cm³/mol. The molecule has 5 heterocycles. The Balaban J connectivity index is 0.000000296. The quantitative estimate of drug-likeness (QED) is 0.288. The van der Waals surface area contributed by atoms with Gasteiger partial charge in [-0.2, -0.15) is 39.5 Å². The Labute approximate surface area is 295 Å². The molecule has 0 aromatic carbocycles. The topological polar surface area (TPSA) is 175 Å². The number of pyridine rings is 1. The smallest absolute Gasteiger partial charge is 0.475 e. The summed E-state index contributed by atoms with van der Waals surface area (Å²) in [5.41, 5.74) is 4.26. The van der Waals surface area contributed by atoms with Crippen LogP contribution in [0, 0.1) is 12.8 Å². The summed E-state index contributed by atoms with van der Waals surface area (Å²) in [6.07, 6.45) is -2.86. The molecule has 1 saturated heterocycles. The van der Waals surface area contributed by atoms with Crippen molar-refractivity contribution < 1.29 is 69.2 Å². The van der Waals surface area contributed by atoms with Gasteiger partial charge in [0.25, 0.3) is 0 Å². The first kappa shape index (κ1) is 42.4. The van der Waals surface area contributed by atoms with E-state index in [1.165, 1.54) is 35.6 Å². The Bertz CT molecular complexity index is 1620. The number of carboxylic acid groups (broad SMARTS) is 3. The Morgan fingerprint density at radius 3 is 1.72 bits per heavy atom. The second-order valence-electron chi connectivity index (χ2n) is 12.2. The molecule has 0 atom stereocenters. The zero-order chi connectivity index (χ0) is 39.8. The minimum Gasteiger partial charge on any atom is -0.475 e. The van der Waals surface area contributed by atoms with Gasteiger partial charge < -0.3 is 24.8 Å². The molecule has 53 heavy (non-hydrogen) atoms. The lowest BCUT2D eigenvalue weighted by molar-refractivity contribution is -0.193. The van der Waals surface area contributed by atoms with E-state index in [0.29, 0.717) is 0 Å². The fourth-order valence-electron chi connectivity index (χ4n) is 5.61. The molecule has 2 aliphatic heterocycles. The van der Waals surface area contributed by atoms with Crippen molar-refractivity contribution >= 4 is 23.9 Å². The van der Waals surface area contributed by atoms with Crippen LogP contribution in [0.25, 0.3) is 0 Å². The third kappa shape index (κ3) is 12.6. The molecule has 1 spiro atoms. The number of imidazole rings is 1. The van der Waals surface area contributed by atoms with Crippen LogP contribution in [0.2, 0.25) is 0 Å². The maximum atomic E-state index is 10.6. The monoisotopic (exact) mass is 771 g/mol. The second-order valence-corrected chi connectivity index (χ2v) is 12.2. The first-order valence-corrected chi connectivity index (χ1v) is 15.6. The summed E-state index contributed by atoms with van der Waals surface area (Å²) in [6.45, 7) is 8.29. The van der Waals surface area contributed by atoms with Crippen LogP contribution >= 0.6 is 0 Å². The minimum atomic E-state index is -5.08. The number of aryl methyl sites for hydroxylation is 1. The maximum absolute atomic E-state index is 10.6. The Morgan fingerprint density at radius 1 is 0.811 bits per heavy atom. The van der Waals surface area contributed by atoms with E-state index >= 15 is 0 Å². The molecule has 3 aromatic heterocycles. The fraction of sp³-hybridized carbons (Fsp3) is 0.516. The van der Waals surface area contributed by atoms with Crippen molar-refractivity contribution in [3.05, 3.63) is 65.8 Å². The Morgan fingerprint density at radius 2 is 1.28 bits per heavy atom. The van der Waals surface area contributed by atoms with E-state index < -0.39 is 36.4 Å². The number of piperidine rings is 1. The highest BCUT2D eigenvalue weighted by molar-refractivity contribution is 5.73. The van der Waals surface area contributed by atoms with E-state index in [4.69, 9.17) is 34.7 Å². The zero-order valence-electron chi connectivity index (χ0n) is 27.8. The van der Waals surface area contributed by atoms with Gasteiger partial charge in [0.15, 0.2) is 0 Å². The number of carboxylic acids is 3. The largest absolute Gasteiger partial charge is 0.490 e. The number of anilines is 1. The highest BCUT2D eigenvalue weighted by Gasteiger charge is 2.46. The molecule has 3 aliphatic rings. The number of fused-ring (bicyclic) bond motifs is 2. The first-order valence-electron chi connectivity index (χ1n) is 15.6. The summed E-state index contributed by atoms with van der Waals surface area (Å²) in [6, 6.07) is 6.17. The van der Waals surface area contributed by atoms with Gasteiger partial charge in [-0.25, -0.2) is 29.3 Å². The lowest BCUT2D eigenvalue weighted by Gasteiger charge is -2.47. The van der Waals surface area contributed by atoms with E-state index in [-0.39, 0.29) is 5.41 Å². The molecule has 3 aromatic rings. The van der Waals surface area contributed by atoms with Crippen molar-refractivity contribution in [2.24, 2.45) is 5.92 Å². The minimum absolute atomic E-state index is 0.103.